The Morgan fingerprint density at radius 2 is 2.15 bits per heavy atom. The average molecular weight is 251 g/mol. The van der Waals surface area contributed by atoms with Crippen molar-refractivity contribution in [1.82, 2.24) is 0 Å². The fourth-order valence-corrected chi connectivity index (χ4v) is 1.13. The standard InChI is InChI=1S/C8H11BrO4/c1-2-13-8(12)6(3-4-9)5-7(10)11/h5H,2-4H2,1H3,(H,10,11). The Balaban J connectivity index is 4.40. The van der Waals surface area contributed by atoms with Crippen LogP contribution >= 0.6 is 15.9 Å². The molecule has 0 amide bonds. The number of hydrogen-bond acceptors (Lipinski definition) is 3. The van der Waals surface area contributed by atoms with Gasteiger partial charge in [0.15, 0.2) is 0 Å². The predicted octanol–water partition coefficient (Wildman–Crippen LogP) is 1.35. The zero-order chi connectivity index (χ0) is 10.3. The highest BCUT2D eigenvalue weighted by Gasteiger charge is 2.10. The highest BCUT2D eigenvalue weighted by Crippen LogP contribution is 2.06. The Labute approximate surface area is 84.7 Å². The van der Waals surface area contributed by atoms with Crippen LogP contribution in [-0.2, 0) is 14.3 Å². The van der Waals surface area contributed by atoms with E-state index in [1.807, 2.05) is 0 Å². The van der Waals surface area contributed by atoms with Crippen LogP contribution in [0.3, 0.4) is 0 Å². The Morgan fingerprint density at radius 1 is 1.54 bits per heavy atom. The zero-order valence-corrected chi connectivity index (χ0v) is 8.83. The van der Waals surface area contributed by atoms with Crippen molar-refractivity contribution in [2.24, 2.45) is 0 Å². The molecule has 0 unspecified atom stereocenters. The average Bonchev–Trinajstić information content (AvgIpc) is 2.03. The third-order valence-corrected chi connectivity index (χ3v) is 1.60. The topological polar surface area (TPSA) is 63.6 Å². The number of halogens is 1. The lowest BCUT2D eigenvalue weighted by atomic mass is 10.2. The maximum absolute atomic E-state index is 11.1. The summed E-state index contributed by atoms with van der Waals surface area (Å²) in [5.74, 6) is -1.70. The minimum Gasteiger partial charge on any atom is -0.478 e. The lowest BCUT2D eigenvalue weighted by Gasteiger charge is -2.03. The van der Waals surface area contributed by atoms with Gasteiger partial charge in [-0.3, -0.25) is 0 Å². The van der Waals surface area contributed by atoms with E-state index in [4.69, 9.17) is 5.11 Å². The number of alkyl halides is 1. The van der Waals surface area contributed by atoms with Crippen LogP contribution in [0, 0.1) is 0 Å². The lowest BCUT2D eigenvalue weighted by Crippen LogP contribution is -2.10. The van der Waals surface area contributed by atoms with Gasteiger partial charge in [-0.05, 0) is 13.3 Å². The van der Waals surface area contributed by atoms with E-state index in [-0.39, 0.29) is 12.2 Å². The van der Waals surface area contributed by atoms with Gasteiger partial charge in [-0.25, -0.2) is 9.59 Å². The number of ether oxygens (including phenoxy) is 1. The van der Waals surface area contributed by atoms with Crippen molar-refractivity contribution in [2.45, 2.75) is 13.3 Å². The number of rotatable bonds is 5. The Kier molecular flexibility index (Phi) is 6.22. The summed E-state index contributed by atoms with van der Waals surface area (Å²) in [6, 6.07) is 0. The molecule has 1 N–H and O–H groups in total. The highest BCUT2D eigenvalue weighted by molar-refractivity contribution is 9.09. The van der Waals surface area contributed by atoms with Crippen LogP contribution in [0.4, 0.5) is 0 Å². The molecule has 0 radical (unpaired) electrons. The largest absolute Gasteiger partial charge is 0.478 e. The van der Waals surface area contributed by atoms with Crippen LogP contribution in [0.15, 0.2) is 11.6 Å². The van der Waals surface area contributed by atoms with Gasteiger partial charge < -0.3 is 9.84 Å². The van der Waals surface area contributed by atoms with E-state index in [2.05, 4.69) is 20.7 Å². The van der Waals surface area contributed by atoms with Gasteiger partial charge in [0, 0.05) is 17.0 Å². The summed E-state index contributed by atoms with van der Waals surface area (Å²) in [6.07, 6.45) is 1.23. The van der Waals surface area contributed by atoms with E-state index in [0.29, 0.717) is 11.8 Å². The van der Waals surface area contributed by atoms with E-state index in [1.54, 1.807) is 6.92 Å². The zero-order valence-electron chi connectivity index (χ0n) is 7.25. The third-order valence-electron chi connectivity index (χ3n) is 1.20. The number of carboxylic acid groups (broad SMARTS) is 1. The summed E-state index contributed by atoms with van der Waals surface area (Å²) < 4.78 is 4.67. The van der Waals surface area contributed by atoms with Crippen molar-refractivity contribution in [3.05, 3.63) is 11.6 Å². The maximum Gasteiger partial charge on any atom is 0.334 e. The number of carbonyl (C=O) groups excluding carboxylic acids is 1. The Bertz CT molecular complexity index is 222. The summed E-state index contributed by atoms with van der Waals surface area (Å²) >= 11 is 3.12. The molecule has 0 spiro atoms. The van der Waals surface area contributed by atoms with Crippen LogP contribution in [0.25, 0.3) is 0 Å². The molecule has 0 aliphatic carbocycles. The van der Waals surface area contributed by atoms with Crippen molar-refractivity contribution in [3.63, 3.8) is 0 Å². The molecule has 4 nitrogen and oxygen atoms in total. The third kappa shape index (κ3) is 5.41. The Hall–Kier alpha value is -0.840. The summed E-state index contributed by atoms with van der Waals surface area (Å²) in [6.45, 7) is 1.92. The summed E-state index contributed by atoms with van der Waals surface area (Å²) in [5.41, 5.74) is 0.172. The molecular weight excluding hydrogens is 240 g/mol. The van der Waals surface area contributed by atoms with E-state index >= 15 is 0 Å². The first-order chi connectivity index (χ1) is 6.11. The Morgan fingerprint density at radius 3 is 2.54 bits per heavy atom. The van der Waals surface area contributed by atoms with Gasteiger partial charge in [0.2, 0.25) is 0 Å². The van der Waals surface area contributed by atoms with Gasteiger partial charge in [-0.2, -0.15) is 0 Å². The predicted molar refractivity (Wildman–Crippen MR) is 50.8 cm³/mol. The molecule has 0 aromatic heterocycles. The van der Waals surface area contributed by atoms with Gasteiger partial charge in [0.25, 0.3) is 0 Å². The summed E-state index contributed by atoms with van der Waals surface area (Å²) in [4.78, 5) is 21.4. The molecule has 0 aliphatic heterocycles. The highest BCUT2D eigenvalue weighted by atomic mass is 79.9. The van der Waals surface area contributed by atoms with Gasteiger partial charge in [-0.1, -0.05) is 15.9 Å². The van der Waals surface area contributed by atoms with E-state index in [1.165, 1.54) is 0 Å². The minimum atomic E-state index is -1.14. The number of hydrogen-bond donors (Lipinski definition) is 1. The van der Waals surface area contributed by atoms with Gasteiger partial charge in [0.1, 0.15) is 0 Å². The van der Waals surface area contributed by atoms with Crippen LogP contribution in [0.5, 0.6) is 0 Å². The van der Waals surface area contributed by atoms with Crippen LogP contribution < -0.4 is 0 Å². The van der Waals surface area contributed by atoms with Crippen molar-refractivity contribution < 1.29 is 19.4 Å². The second kappa shape index (κ2) is 6.65. The smallest absolute Gasteiger partial charge is 0.334 e. The van der Waals surface area contributed by atoms with E-state index in [0.717, 1.165) is 6.08 Å². The molecule has 74 valence electrons. The number of esters is 1. The molecule has 13 heavy (non-hydrogen) atoms. The van der Waals surface area contributed by atoms with Crippen molar-refractivity contribution >= 4 is 27.9 Å². The number of carboxylic acids is 1. The molecule has 5 heteroatoms. The second-order valence-corrected chi connectivity index (χ2v) is 2.96. The monoisotopic (exact) mass is 250 g/mol. The molecular formula is C8H11BrO4. The molecule has 0 saturated carbocycles. The fourth-order valence-electron chi connectivity index (χ4n) is 0.708. The van der Waals surface area contributed by atoms with E-state index in [9.17, 15) is 9.59 Å². The SMILES string of the molecule is CCOC(=O)C(=CC(=O)O)CCBr. The van der Waals surface area contributed by atoms with Crippen molar-refractivity contribution in [2.75, 3.05) is 11.9 Å². The minimum absolute atomic E-state index is 0.172. The molecule has 0 bridgehead atoms. The van der Waals surface area contributed by atoms with Crippen molar-refractivity contribution in [1.29, 1.82) is 0 Å². The quantitative estimate of drug-likeness (QED) is 0.455. The molecule has 0 heterocycles. The first kappa shape index (κ1) is 12.2. The fraction of sp³-hybridized carbons (Fsp3) is 0.500. The first-order valence-electron chi connectivity index (χ1n) is 3.78. The normalized spacial score (nSPS) is 11.1. The van der Waals surface area contributed by atoms with Crippen LogP contribution in [0.1, 0.15) is 13.3 Å². The van der Waals surface area contributed by atoms with E-state index < -0.39 is 11.9 Å². The lowest BCUT2D eigenvalue weighted by molar-refractivity contribution is -0.139. The summed E-state index contributed by atoms with van der Waals surface area (Å²) in [5, 5.41) is 8.96. The molecule has 0 aromatic rings. The first-order valence-corrected chi connectivity index (χ1v) is 4.90. The van der Waals surface area contributed by atoms with Crippen molar-refractivity contribution in [3.8, 4) is 0 Å². The van der Waals surface area contributed by atoms with Crippen LogP contribution in [-0.4, -0.2) is 29.0 Å². The molecule has 0 aromatic carbocycles. The molecule has 0 atom stereocenters. The maximum atomic E-state index is 11.1. The number of carbonyl (C=O) groups is 2. The molecule has 0 fully saturated rings. The van der Waals surface area contributed by atoms with Gasteiger partial charge in [0.05, 0.1) is 6.61 Å². The summed E-state index contributed by atoms with van der Waals surface area (Å²) in [7, 11) is 0. The van der Waals surface area contributed by atoms with Gasteiger partial charge in [-0.15, -0.1) is 0 Å². The second-order valence-electron chi connectivity index (χ2n) is 2.17. The molecule has 0 rings (SSSR count). The molecule has 0 saturated heterocycles. The van der Waals surface area contributed by atoms with Crippen LogP contribution in [0.2, 0.25) is 0 Å². The van der Waals surface area contributed by atoms with Gasteiger partial charge >= 0.3 is 11.9 Å². The number of aliphatic carboxylic acids is 1. The molecule has 0 aliphatic rings.